The van der Waals surface area contributed by atoms with Crippen LogP contribution in [-0.4, -0.2) is 36.6 Å². The number of likely N-dealkylation sites (N-methyl/N-ethyl adjacent to an activating group) is 1. The number of hydrogen-bond acceptors (Lipinski definition) is 7. The van der Waals surface area contributed by atoms with Crippen LogP contribution in [0.1, 0.15) is 0 Å². The Hall–Kier alpha value is -3.30. The monoisotopic (exact) mass is 465 g/mol. The topological polar surface area (TPSA) is 97.4 Å². The Labute approximate surface area is 187 Å². The Morgan fingerprint density at radius 3 is 2.55 bits per heavy atom. The maximum Gasteiger partial charge on any atom is 0.257 e. The van der Waals surface area contributed by atoms with E-state index in [9.17, 15) is 9.18 Å². The van der Waals surface area contributed by atoms with Crippen molar-refractivity contribution >= 4 is 52.3 Å². The fourth-order valence-electron chi connectivity index (χ4n) is 2.49. The number of hydrogen-bond donors (Lipinski definition) is 3. The molecule has 3 N–H and O–H groups in total. The molecule has 1 amide bonds. The number of ether oxygens (including phenoxy) is 2. The smallest absolute Gasteiger partial charge is 0.257 e. The van der Waals surface area contributed by atoms with Crippen molar-refractivity contribution in [3.05, 3.63) is 58.5 Å². The second kappa shape index (κ2) is 10.1. The normalized spacial score (nSPS) is 10.4. The molecule has 0 aliphatic carbocycles. The van der Waals surface area contributed by atoms with Crippen molar-refractivity contribution in [3.8, 4) is 11.5 Å². The van der Waals surface area contributed by atoms with Crippen molar-refractivity contribution < 1.29 is 18.7 Å². The van der Waals surface area contributed by atoms with Crippen LogP contribution in [0.15, 0.2) is 42.6 Å². The lowest BCUT2D eigenvalue weighted by Crippen LogP contribution is -2.24. The van der Waals surface area contributed by atoms with Gasteiger partial charge in [0.1, 0.15) is 5.75 Å². The zero-order valence-electron chi connectivity index (χ0n) is 16.5. The molecule has 0 saturated carbocycles. The summed E-state index contributed by atoms with van der Waals surface area (Å²) < 4.78 is 24.8. The first-order valence-corrected chi connectivity index (χ1v) is 9.68. The van der Waals surface area contributed by atoms with Crippen molar-refractivity contribution in [1.29, 1.82) is 0 Å². The van der Waals surface area contributed by atoms with Crippen LogP contribution in [0.4, 0.5) is 27.5 Å². The molecule has 1 aromatic heterocycles. The van der Waals surface area contributed by atoms with Crippen LogP contribution in [-0.2, 0) is 4.79 Å². The summed E-state index contributed by atoms with van der Waals surface area (Å²) in [5, 5.41) is 8.78. The average Bonchev–Trinajstić information content (AvgIpc) is 2.74. The highest BCUT2D eigenvalue weighted by atomic mass is 35.5. The van der Waals surface area contributed by atoms with E-state index in [-0.39, 0.29) is 34.3 Å². The van der Waals surface area contributed by atoms with Crippen LogP contribution in [0, 0.1) is 5.82 Å². The van der Waals surface area contributed by atoms with Crippen LogP contribution in [0.2, 0.25) is 10.0 Å². The summed E-state index contributed by atoms with van der Waals surface area (Å²) in [4.78, 5) is 19.4. The Balaban J connectivity index is 1.77. The van der Waals surface area contributed by atoms with E-state index < -0.39 is 5.82 Å². The van der Waals surface area contributed by atoms with Crippen LogP contribution in [0.25, 0.3) is 0 Å². The van der Waals surface area contributed by atoms with Crippen LogP contribution >= 0.6 is 23.2 Å². The molecule has 0 saturated heterocycles. The molecule has 0 unspecified atom stereocenters. The first-order chi connectivity index (χ1) is 14.9. The van der Waals surface area contributed by atoms with Crippen LogP contribution in [0.3, 0.4) is 0 Å². The van der Waals surface area contributed by atoms with Crippen molar-refractivity contribution in [2.45, 2.75) is 0 Å². The van der Waals surface area contributed by atoms with Gasteiger partial charge in [0, 0.05) is 24.5 Å². The molecule has 0 bridgehead atoms. The van der Waals surface area contributed by atoms with Crippen LogP contribution < -0.4 is 25.4 Å². The number of amides is 1. The van der Waals surface area contributed by atoms with Gasteiger partial charge in [0.2, 0.25) is 5.95 Å². The van der Waals surface area contributed by atoms with Gasteiger partial charge in [-0.3, -0.25) is 4.79 Å². The summed E-state index contributed by atoms with van der Waals surface area (Å²) in [5.41, 5.74) is 1.01. The number of aromatic nitrogens is 2. The lowest BCUT2D eigenvalue weighted by atomic mass is 10.3. The van der Waals surface area contributed by atoms with Crippen LogP contribution in [0.5, 0.6) is 11.5 Å². The molecule has 8 nitrogen and oxygen atoms in total. The lowest BCUT2D eigenvalue weighted by Gasteiger charge is -2.12. The molecule has 1 heterocycles. The molecule has 11 heteroatoms. The van der Waals surface area contributed by atoms with E-state index in [1.807, 2.05) is 0 Å². The predicted octanol–water partition coefficient (Wildman–Crippen LogP) is 4.54. The Morgan fingerprint density at radius 2 is 1.87 bits per heavy atom. The molecule has 0 aliphatic rings. The number of carbonyl (C=O) groups is 1. The summed E-state index contributed by atoms with van der Waals surface area (Å²) in [6, 6.07) is 9.90. The molecule has 3 rings (SSSR count). The summed E-state index contributed by atoms with van der Waals surface area (Å²) in [6.07, 6.45) is 1.02. The average molecular weight is 466 g/mol. The molecule has 2 aromatic carbocycles. The summed E-state index contributed by atoms with van der Waals surface area (Å²) in [7, 11) is 2.97. The zero-order chi connectivity index (χ0) is 22.4. The highest BCUT2D eigenvalue weighted by molar-refractivity contribution is 6.37. The van der Waals surface area contributed by atoms with E-state index in [0.717, 1.165) is 6.20 Å². The van der Waals surface area contributed by atoms with Gasteiger partial charge in [0.15, 0.2) is 24.0 Å². The fraction of sp³-hybridized carbons (Fsp3) is 0.150. The third kappa shape index (κ3) is 5.87. The SMILES string of the molecule is CNC(=O)COc1cccc(Nc2ncc(F)c(Nc3cc(Cl)c(OC)c(Cl)c3)n2)c1. The van der Waals surface area contributed by atoms with E-state index in [0.29, 0.717) is 22.9 Å². The number of nitrogens with zero attached hydrogens (tertiary/aromatic N) is 2. The van der Waals surface area contributed by atoms with Gasteiger partial charge in [-0.25, -0.2) is 9.37 Å². The molecule has 0 atom stereocenters. The Bertz CT molecular complexity index is 1080. The van der Waals surface area contributed by atoms with Gasteiger partial charge in [-0.2, -0.15) is 4.98 Å². The minimum atomic E-state index is -0.670. The Kier molecular flexibility index (Phi) is 7.32. The minimum absolute atomic E-state index is 0.0816. The molecule has 162 valence electrons. The second-order valence-corrected chi connectivity index (χ2v) is 6.92. The lowest BCUT2D eigenvalue weighted by molar-refractivity contribution is -0.122. The van der Waals surface area contributed by atoms with E-state index in [1.54, 1.807) is 24.3 Å². The Morgan fingerprint density at radius 1 is 1.13 bits per heavy atom. The van der Waals surface area contributed by atoms with Crippen molar-refractivity contribution in [2.24, 2.45) is 0 Å². The number of methoxy groups -OCH3 is 1. The maximum atomic E-state index is 14.3. The molecular weight excluding hydrogens is 448 g/mol. The molecular formula is C20H18Cl2FN5O3. The van der Waals surface area contributed by atoms with Gasteiger partial charge in [0.05, 0.1) is 23.4 Å². The van der Waals surface area contributed by atoms with Gasteiger partial charge >= 0.3 is 0 Å². The predicted molar refractivity (Wildman–Crippen MR) is 118 cm³/mol. The quantitative estimate of drug-likeness (QED) is 0.449. The molecule has 0 aliphatic heterocycles. The second-order valence-electron chi connectivity index (χ2n) is 6.10. The third-order valence-electron chi connectivity index (χ3n) is 3.95. The van der Waals surface area contributed by atoms with E-state index in [1.165, 1.54) is 26.3 Å². The van der Waals surface area contributed by atoms with Crippen molar-refractivity contribution in [1.82, 2.24) is 15.3 Å². The maximum absolute atomic E-state index is 14.3. The van der Waals surface area contributed by atoms with E-state index >= 15 is 0 Å². The van der Waals surface area contributed by atoms with E-state index in [4.69, 9.17) is 32.7 Å². The number of carbonyl (C=O) groups excluding carboxylic acids is 1. The molecule has 31 heavy (non-hydrogen) atoms. The zero-order valence-corrected chi connectivity index (χ0v) is 18.0. The van der Waals surface area contributed by atoms with Crippen molar-refractivity contribution in [2.75, 3.05) is 31.4 Å². The number of benzene rings is 2. The number of rotatable bonds is 8. The minimum Gasteiger partial charge on any atom is -0.494 e. The first-order valence-electron chi connectivity index (χ1n) is 8.92. The molecule has 0 radical (unpaired) electrons. The summed E-state index contributed by atoms with van der Waals surface area (Å²) in [6.45, 7) is -0.117. The van der Waals surface area contributed by atoms with Gasteiger partial charge in [-0.15, -0.1) is 0 Å². The molecule has 3 aromatic rings. The van der Waals surface area contributed by atoms with Crippen molar-refractivity contribution in [3.63, 3.8) is 0 Å². The van der Waals surface area contributed by atoms with Gasteiger partial charge in [0.25, 0.3) is 5.91 Å². The van der Waals surface area contributed by atoms with E-state index in [2.05, 4.69) is 25.9 Å². The summed E-state index contributed by atoms with van der Waals surface area (Å²) >= 11 is 12.2. The number of halogens is 3. The fourth-order valence-corrected chi connectivity index (χ4v) is 3.13. The molecule has 0 spiro atoms. The largest absolute Gasteiger partial charge is 0.494 e. The third-order valence-corrected chi connectivity index (χ3v) is 4.51. The van der Waals surface area contributed by atoms with Gasteiger partial charge in [-0.05, 0) is 24.3 Å². The van der Waals surface area contributed by atoms with Gasteiger partial charge in [-0.1, -0.05) is 29.3 Å². The highest BCUT2D eigenvalue weighted by Crippen LogP contribution is 2.36. The van der Waals surface area contributed by atoms with Gasteiger partial charge < -0.3 is 25.4 Å². The standard InChI is InChI=1S/C20H18Cl2FN5O3/c1-24-17(29)10-31-13-5-3-4-11(6-13)27-20-25-9-16(23)19(28-20)26-12-7-14(21)18(30-2)15(22)8-12/h3-9H,10H2,1-2H3,(H,24,29)(H2,25,26,27,28). The first kappa shape index (κ1) is 22.4. The highest BCUT2D eigenvalue weighted by Gasteiger charge is 2.12. The number of anilines is 4. The summed E-state index contributed by atoms with van der Waals surface area (Å²) in [5.74, 6) is -0.0830. The number of nitrogens with one attached hydrogen (secondary N) is 3. The molecule has 0 fully saturated rings.